The molecule has 0 radical (unpaired) electrons. The number of hydrogen-bond acceptors (Lipinski definition) is 4. The van der Waals surface area contributed by atoms with Gasteiger partial charge in [-0.25, -0.2) is 0 Å². The molecule has 0 bridgehead atoms. The Morgan fingerprint density at radius 1 is 0.950 bits per heavy atom. The van der Waals surface area contributed by atoms with Crippen LogP contribution in [0.15, 0.2) is 0 Å². The lowest BCUT2D eigenvalue weighted by Gasteiger charge is -2.54. The van der Waals surface area contributed by atoms with Crippen LogP contribution in [0.2, 0.25) is 0 Å². The van der Waals surface area contributed by atoms with E-state index in [1.807, 2.05) is 0 Å². The lowest BCUT2D eigenvalue weighted by Crippen LogP contribution is -2.58. The Morgan fingerprint density at radius 3 is 1.80 bits per heavy atom. The predicted octanol–water partition coefficient (Wildman–Crippen LogP) is 1.56. The van der Waals surface area contributed by atoms with Gasteiger partial charge in [-0.3, -0.25) is 9.80 Å². The number of nitrogens with zero attached hydrogens (tertiary/aromatic N) is 2. The largest absolute Gasteiger partial charge is 0.395 e. The Hall–Kier alpha value is -0.160. The summed E-state index contributed by atoms with van der Waals surface area (Å²) in [4.78, 5) is 4.67. The highest BCUT2D eigenvalue weighted by atomic mass is 16.3. The molecule has 4 nitrogen and oxygen atoms in total. The predicted molar refractivity (Wildman–Crippen MR) is 83.9 cm³/mol. The molecule has 1 heterocycles. The third-order valence-electron chi connectivity index (χ3n) is 5.08. The Bertz CT molecular complexity index is 268. The molecule has 120 valence electrons. The van der Waals surface area contributed by atoms with Gasteiger partial charge in [-0.1, -0.05) is 0 Å². The van der Waals surface area contributed by atoms with Crippen LogP contribution in [0.1, 0.15) is 47.0 Å². The fourth-order valence-electron chi connectivity index (χ4n) is 3.77. The molecule has 0 aromatic heterocycles. The van der Waals surface area contributed by atoms with Crippen molar-refractivity contribution >= 4 is 0 Å². The third kappa shape index (κ3) is 4.69. The van der Waals surface area contributed by atoms with E-state index in [0.29, 0.717) is 13.1 Å². The topological polar surface area (TPSA) is 46.9 Å². The molecule has 0 amide bonds. The molecular formula is C16H34N2O2. The average molecular weight is 286 g/mol. The molecule has 1 aliphatic heterocycles. The first-order valence-corrected chi connectivity index (χ1v) is 7.91. The zero-order chi connectivity index (χ0) is 15.4. The van der Waals surface area contributed by atoms with Gasteiger partial charge in [-0.2, -0.15) is 0 Å². The van der Waals surface area contributed by atoms with E-state index in [1.54, 1.807) is 0 Å². The molecule has 0 aromatic carbocycles. The summed E-state index contributed by atoms with van der Waals surface area (Å²) in [6.45, 7) is 12.0. The second-order valence-corrected chi connectivity index (χ2v) is 7.54. The van der Waals surface area contributed by atoms with Crippen molar-refractivity contribution in [3.8, 4) is 0 Å². The van der Waals surface area contributed by atoms with Gasteiger partial charge in [0.1, 0.15) is 0 Å². The number of aliphatic hydroxyl groups excluding tert-OH is 2. The van der Waals surface area contributed by atoms with Gasteiger partial charge in [0.15, 0.2) is 0 Å². The van der Waals surface area contributed by atoms with Crippen LogP contribution in [0.25, 0.3) is 0 Å². The molecule has 0 unspecified atom stereocenters. The highest BCUT2D eigenvalue weighted by Gasteiger charge is 2.42. The molecular weight excluding hydrogens is 252 g/mol. The molecule has 1 saturated heterocycles. The summed E-state index contributed by atoms with van der Waals surface area (Å²) in [6, 6.07) is 0. The normalized spacial score (nSPS) is 23.4. The maximum absolute atomic E-state index is 9.07. The fraction of sp³-hybridized carbons (Fsp3) is 1.00. The Morgan fingerprint density at radius 2 is 1.40 bits per heavy atom. The minimum Gasteiger partial charge on any atom is -0.395 e. The summed E-state index contributed by atoms with van der Waals surface area (Å²) in [5, 5.41) is 18.1. The van der Waals surface area contributed by atoms with Gasteiger partial charge < -0.3 is 10.2 Å². The molecule has 20 heavy (non-hydrogen) atoms. The maximum Gasteiger partial charge on any atom is 0.0558 e. The number of likely N-dealkylation sites (tertiary alicyclic amines) is 1. The second kappa shape index (κ2) is 7.21. The standard InChI is InChI=1S/C16H34N2O2/c1-15(2)12-14(13-16(3,4)17(15)5)6-7-18(8-10-19)9-11-20/h14,19-20H,6-13H2,1-5H3. The monoisotopic (exact) mass is 286 g/mol. The summed E-state index contributed by atoms with van der Waals surface area (Å²) in [7, 11) is 2.24. The number of piperidine rings is 1. The second-order valence-electron chi connectivity index (χ2n) is 7.54. The first kappa shape index (κ1) is 17.9. The molecule has 1 rings (SSSR count). The van der Waals surface area contributed by atoms with Crippen LogP contribution in [-0.2, 0) is 0 Å². The third-order valence-corrected chi connectivity index (χ3v) is 5.08. The van der Waals surface area contributed by atoms with Crippen molar-refractivity contribution < 1.29 is 10.2 Å². The Labute approximate surface area is 124 Å². The van der Waals surface area contributed by atoms with Crippen molar-refractivity contribution in [1.82, 2.24) is 9.80 Å². The van der Waals surface area contributed by atoms with Gasteiger partial charge in [-0.05, 0) is 66.5 Å². The average Bonchev–Trinajstić information content (AvgIpc) is 2.33. The van der Waals surface area contributed by atoms with E-state index in [0.717, 1.165) is 18.9 Å². The first-order chi connectivity index (χ1) is 9.23. The van der Waals surface area contributed by atoms with E-state index in [2.05, 4.69) is 44.5 Å². The quantitative estimate of drug-likeness (QED) is 0.746. The van der Waals surface area contributed by atoms with Crippen molar-refractivity contribution in [2.24, 2.45) is 5.92 Å². The molecule has 0 aliphatic carbocycles. The van der Waals surface area contributed by atoms with E-state index >= 15 is 0 Å². The SMILES string of the molecule is CN1C(C)(C)CC(CCN(CCO)CCO)CC1(C)C. The maximum atomic E-state index is 9.07. The van der Waals surface area contributed by atoms with Crippen molar-refractivity contribution in [2.75, 3.05) is 39.9 Å². The van der Waals surface area contributed by atoms with Crippen molar-refractivity contribution in [3.05, 3.63) is 0 Å². The van der Waals surface area contributed by atoms with Gasteiger partial charge in [-0.15, -0.1) is 0 Å². The summed E-state index contributed by atoms with van der Waals surface area (Å²) >= 11 is 0. The van der Waals surface area contributed by atoms with Gasteiger partial charge >= 0.3 is 0 Å². The minimum absolute atomic E-state index is 0.171. The van der Waals surface area contributed by atoms with Crippen LogP contribution in [-0.4, -0.2) is 71.0 Å². The van der Waals surface area contributed by atoms with Crippen molar-refractivity contribution in [1.29, 1.82) is 0 Å². The van der Waals surface area contributed by atoms with Gasteiger partial charge in [0.25, 0.3) is 0 Å². The first-order valence-electron chi connectivity index (χ1n) is 7.91. The molecule has 0 atom stereocenters. The molecule has 1 aliphatic rings. The van der Waals surface area contributed by atoms with Crippen LogP contribution in [0.4, 0.5) is 0 Å². The molecule has 4 heteroatoms. The van der Waals surface area contributed by atoms with Crippen molar-refractivity contribution in [3.63, 3.8) is 0 Å². The van der Waals surface area contributed by atoms with E-state index < -0.39 is 0 Å². The van der Waals surface area contributed by atoms with E-state index in [1.165, 1.54) is 12.8 Å². The smallest absolute Gasteiger partial charge is 0.0558 e. The summed E-state index contributed by atoms with van der Waals surface area (Å²) in [5.74, 6) is 0.719. The van der Waals surface area contributed by atoms with E-state index in [-0.39, 0.29) is 24.3 Å². The molecule has 1 fully saturated rings. The highest BCUT2D eigenvalue weighted by Crippen LogP contribution is 2.41. The van der Waals surface area contributed by atoms with Crippen LogP contribution in [0, 0.1) is 5.92 Å². The van der Waals surface area contributed by atoms with Gasteiger partial charge in [0.2, 0.25) is 0 Å². The molecule has 0 spiro atoms. The van der Waals surface area contributed by atoms with E-state index in [9.17, 15) is 0 Å². The van der Waals surface area contributed by atoms with Gasteiger partial charge in [0, 0.05) is 24.2 Å². The van der Waals surface area contributed by atoms with Crippen LogP contribution < -0.4 is 0 Å². The molecule has 0 aromatic rings. The van der Waals surface area contributed by atoms with Gasteiger partial charge in [0.05, 0.1) is 13.2 Å². The number of aliphatic hydroxyl groups is 2. The number of hydrogen-bond donors (Lipinski definition) is 2. The van der Waals surface area contributed by atoms with Crippen LogP contribution >= 0.6 is 0 Å². The number of rotatable bonds is 7. The van der Waals surface area contributed by atoms with Crippen LogP contribution in [0.5, 0.6) is 0 Å². The summed E-state index contributed by atoms with van der Waals surface area (Å²) in [5.41, 5.74) is 0.483. The lowest BCUT2D eigenvalue weighted by molar-refractivity contribution is -0.0337. The summed E-state index contributed by atoms with van der Waals surface area (Å²) < 4.78 is 0. The summed E-state index contributed by atoms with van der Waals surface area (Å²) in [6.07, 6.45) is 3.60. The minimum atomic E-state index is 0.171. The highest BCUT2D eigenvalue weighted by molar-refractivity contribution is 4.98. The van der Waals surface area contributed by atoms with Crippen molar-refractivity contribution in [2.45, 2.75) is 58.0 Å². The molecule has 2 N–H and O–H groups in total. The van der Waals surface area contributed by atoms with Crippen LogP contribution in [0.3, 0.4) is 0 Å². The lowest BCUT2D eigenvalue weighted by atomic mass is 9.73. The molecule has 0 saturated carbocycles. The Balaban J connectivity index is 2.55. The fourth-order valence-corrected chi connectivity index (χ4v) is 3.77. The van der Waals surface area contributed by atoms with E-state index in [4.69, 9.17) is 10.2 Å². The Kier molecular flexibility index (Phi) is 6.45. The zero-order valence-electron chi connectivity index (χ0n) is 14.0. The zero-order valence-corrected chi connectivity index (χ0v) is 14.0.